The van der Waals surface area contributed by atoms with E-state index in [4.69, 9.17) is 16.1 Å². The molecule has 2 aliphatic rings. The molecule has 1 amide bonds. The van der Waals surface area contributed by atoms with E-state index >= 15 is 0 Å². The molecule has 1 N–H and O–H groups in total. The summed E-state index contributed by atoms with van der Waals surface area (Å²) in [7, 11) is 0. The lowest BCUT2D eigenvalue weighted by atomic mass is 9.71. The predicted molar refractivity (Wildman–Crippen MR) is 87.4 cm³/mol. The Hall–Kier alpha value is -0.780. The molecular formula is C15H23Cl2N3O2. The molecule has 124 valence electrons. The molecule has 3 heterocycles. The van der Waals surface area contributed by atoms with Crippen LogP contribution in [0.3, 0.4) is 0 Å². The summed E-state index contributed by atoms with van der Waals surface area (Å²) in [6.45, 7) is 4.05. The Kier molecular flexibility index (Phi) is 6.12. The number of likely N-dealkylation sites (tertiary alicyclic amines) is 1. The van der Waals surface area contributed by atoms with Crippen LogP contribution in [0.2, 0.25) is 5.15 Å². The lowest BCUT2D eigenvalue weighted by Gasteiger charge is -2.44. The predicted octanol–water partition coefficient (Wildman–Crippen LogP) is 2.67. The number of aromatic nitrogens is 1. The summed E-state index contributed by atoms with van der Waals surface area (Å²) in [5, 5.41) is 7.40. The van der Waals surface area contributed by atoms with Gasteiger partial charge in [0.1, 0.15) is 5.76 Å². The van der Waals surface area contributed by atoms with Crippen LogP contribution in [-0.2, 0) is 11.2 Å². The van der Waals surface area contributed by atoms with Crippen LogP contribution in [0.4, 0.5) is 0 Å². The van der Waals surface area contributed by atoms with Crippen molar-refractivity contribution >= 4 is 29.9 Å². The SMILES string of the molecule is Cl.O=C(CCc1cc(Cl)no1)N1CCC2(CCNCC2)CC1. The van der Waals surface area contributed by atoms with Crippen molar-refractivity contribution in [2.75, 3.05) is 26.2 Å². The van der Waals surface area contributed by atoms with E-state index in [0.717, 1.165) is 39.0 Å². The van der Waals surface area contributed by atoms with Crippen LogP contribution in [0.1, 0.15) is 37.9 Å². The highest BCUT2D eigenvalue weighted by molar-refractivity contribution is 6.29. The van der Waals surface area contributed by atoms with Crippen LogP contribution in [0.5, 0.6) is 0 Å². The lowest BCUT2D eigenvalue weighted by molar-refractivity contribution is -0.133. The van der Waals surface area contributed by atoms with E-state index in [9.17, 15) is 4.79 Å². The average Bonchev–Trinajstić information content (AvgIpc) is 2.92. The second kappa shape index (κ2) is 7.66. The number of carbonyl (C=O) groups is 1. The Labute approximate surface area is 142 Å². The van der Waals surface area contributed by atoms with Gasteiger partial charge in [0.2, 0.25) is 5.91 Å². The molecule has 2 fully saturated rings. The highest BCUT2D eigenvalue weighted by atomic mass is 35.5. The maximum Gasteiger partial charge on any atom is 0.223 e. The van der Waals surface area contributed by atoms with E-state index in [2.05, 4.69) is 10.5 Å². The normalized spacial score (nSPS) is 20.7. The number of aryl methyl sites for hydroxylation is 1. The minimum Gasteiger partial charge on any atom is -0.360 e. The van der Waals surface area contributed by atoms with Gasteiger partial charge in [0.15, 0.2) is 5.15 Å². The quantitative estimate of drug-likeness (QED) is 0.913. The van der Waals surface area contributed by atoms with Crippen LogP contribution >= 0.6 is 24.0 Å². The largest absolute Gasteiger partial charge is 0.360 e. The van der Waals surface area contributed by atoms with E-state index in [1.165, 1.54) is 12.8 Å². The molecule has 2 saturated heterocycles. The molecule has 1 aromatic rings. The van der Waals surface area contributed by atoms with Crippen LogP contribution in [0.25, 0.3) is 0 Å². The molecule has 0 unspecified atom stereocenters. The van der Waals surface area contributed by atoms with Gasteiger partial charge >= 0.3 is 0 Å². The first-order valence-corrected chi connectivity index (χ1v) is 8.14. The Morgan fingerprint density at radius 1 is 1.32 bits per heavy atom. The van der Waals surface area contributed by atoms with Crippen molar-refractivity contribution in [3.8, 4) is 0 Å². The maximum absolute atomic E-state index is 12.3. The van der Waals surface area contributed by atoms with Crippen molar-refractivity contribution in [2.24, 2.45) is 5.41 Å². The number of amides is 1. The monoisotopic (exact) mass is 347 g/mol. The molecule has 0 radical (unpaired) electrons. The fraction of sp³-hybridized carbons (Fsp3) is 0.733. The Balaban J connectivity index is 0.00000176. The van der Waals surface area contributed by atoms with Gasteiger partial charge in [0.25, 0.3) is 0 Å². The topological polar surface area (TPSA) is 58.4 Å². The molecule has 0 aliphatic carbocycles. The van der Waals surface area contributed by atoms with Crippen molar-refractivity contribution in [3.05, 3.63) is 17.0 Å². The van der Waals surface area contributed by atoms with E-state index in [1.807, 2.05) is 4.90 Å². The standard InChI is InChI=1S/C15H22ClN3O2.ClH/c16-13-11-12(21-18-13)1-2-14(20)19-9-5-15(6-10-19)3-7-17-8-4-15;/h11,17H,1-10H2;1H. The molecule has 2 aliphatic heterocycles. The summed E-state index contributed by atoms with van der Waals surface area (Å²) in [6.07, 6.45) is 5.85. The minimum absolute atomic E-state index is 0. The van der Waals surface area contributed by atoms with E-state index < -0.39 is 0 Å². The number of hydrogen-bond donors (Lipinski definition) is 1. The average molecular weight is 348 g/mol. The third-order valence-electron chi connectivity index (χ3n) is 4.96. The van der Waals surface area contributed by atoms with Crippen LogP contribution in [-0.4, -0.2) is 42.1 Å². The maximum atomic E-state index is 12.3. The fourth-order valence-corrected chi connectivity index (χ4v) is 3.64. The van der Waals surface area contributed by atoms with E-state index in [-0.39, 0.29) is 18.3 Å². The summed E-state index contributed by atoms with van der Waals surface area (Å²) in [6, 6.07) is 1.68. The summed E-state index contributed by atoms with van der Waals surface area (Å²) >= 11 is 5.70. The Bertz CT molecular complexity index is 491. The van der Waals surface area contributed by atoms with Crippen molar-refractivity contribution in [3.63, 3.8) is 0 Å². The molecule has 1 aromatic heterocycles. The zero-order chi connectivity index (χ0) is 14.7. The number of carbonyl (C=O) groups excluding carboxylic acids is 1. The van der Waals surface area contributed by atoms with Gasteiger partial charge < -0.3 is 14.7 Å². The smallest absolute Gasteiger partial charge is 0.223 e. The number of piperidine rings is 2. The van der Waals surface area contributed by atoms with Gasteiger partial charge in [0.05, 0.1) is 0 Å². The second-order valence-electron chi connectivity index (χ2n) is 6.25. The number of halogens is 2. The van der Waals surface area contributed by atoms with Crippen molar-refractivity contribution in [1.29, 1.82) is 0 Å². The van der Waals surface area contributed by atoms with Crippen molar-refractivity contribution in [1.82, 2.24) is 15.4 Å². The minimum atomic E-state index is 0. The highest BCUT2D eigenvalue weighted by Gasteiger charge is 2.36. The van der Waals surface area contributed by atoms with Crippen LogP contribution in [0, 0.1) is 5.41 Å². The number of nitrogens with one attached hydrogen (secondary N) is 1. The molecule has 3 rings (SSSR count). The van der Waals surface area contributed by atoms with Gasteiger partial charge in [-0.1, -0.05) is 16.8 Å². The highest BCUT2D eigenvalue weighted by Crippen LogP contribution is 2.39. The van der Waals surface area contributed by atoms with Crippen LogP contribution in [0.15, 0.2) is 10.6 Å². The fourth-order valence-electron chi connectivity index (χ4n) is 3.48. The summed E-state index contributed by atoms with van der Waals surface area (Å²) in [5.41, 5.74) is 0.487. The van der Waals surface area contributed by atoms with Crippen molar-refractivity contribution in [2.45, 2.75) is 38.5 Å². The number of hydrogen-bond acceptors (Lipinski definition) is 4. The molecule has 5 nitrogen and oxygen atoms in total. The number of nitrogens with zero attached hydrogens (tertiary/aromatic N) is 2. The third kappa shape index (κ3) is 4.15. The van der Waals surface area contributed by atoms with Gasteiger partial charge in [-0.25, -0.2) is 0 Å². The number of rotatable bonds is 3. The molecule has 0 aromatic carbocycles. The van der Waals surface area contributed by atoms with Crippen LogP contribution < -0.4 is 5.32 Å². The molecular weight excluding hydrogens is 325 g/mol. The zero-order valence-electron chi connectivity index (χ0n) is 12.6. The first-order chi connectivity index (χ1) is 10.2. The van der Waals surface area contributed by atoms with Gasteiger partial charge in [0, 0.05) is 32.0 Å². The molecule has 0 atom stereocenters. The van der Waals surface area contributed by atoms with Gasteiger partial charge in [-0.15, -0.1) is 12.4 Å². The van der Waals surface area contributed by atoms with Gasteiger partial charge in [-0.05, 0) is 44.2 Å². The van der Waals surface area contributed by atoms with E-state index in [0.29, 0.717) is 29.2 Å². The summed E-state index contributed by atoms with van der Waals surface area (Å²) in [4.78, 5) is 14.3. The summed E-state index contributed by atoms with van der Waals surface area (Å²) < 4.78 is 5.03. The Morgan fingerprint density at radius 3 is 2.59 bits per heavy atom. The van der Waals surface area contributed by atoms with E-state index in [1.54, 1.807) is 6.07 Å². The molecule has 0 bridgehead atoms. The third-order valence-corrected chi connectivity index (χ3v) is 5.13. The zero-order valence-corrected chi connectivity index (χ0v) is 14.2. The molecule has 7 heteroatoms. The summed E-state index contributed by atoms with van der Waals surface area (Å²) in [5.74, 6) is 0.895. The molecule has 1 spiro atoms. The van der Waals surface area contributed by atoms with Gasteiger partial charge in [-0.2, -0.15) is 0 Å². The molecule has 22 heavy (non-hydrogen) atoms. The lowest BCUT2D eigenvalue weighted by Crippen LogP contribution is -2.47. The molecule has 0 saturated carbocycles. The Morgan fingerprint density at radius 2 is 2.00 bits per heavy atom. The second-order valence-corrected chi connectivity index (χ2v) is 6.63. The first-order valence-electron chi connectivity index (χ1n) is 7.77. The first kappa shape index (κ1) is 17.6. The van der Waals surface area contributed by atoms with Crippen molar-refractivity contribution < 1.29 is 9.32 Å². The van der Waals surface area contributed by atoms with Gasteiger partial charge in [-0.3, -0.25) is 4.79 Å².